The van der Waals surface area contributed by atoms with Gasteiger partial charge in [0.1, 0.15) is 11.6 Å². The Kier molecular flexibility index (Phi) is 3.89. The lowest BCUT2D eigenvalue weighted by atomic mass is 10.1. The zero-order valence-electron chi connectivity index (χ0n) is 9.90. The smallest absolute Gasteiger partial charge is 0.145 e. The molecule has 0 amide bonds. The average molecular weight is 266 g/mol. The van der Waals surface area contributed by atoms with E-state index in [1.807, 2.05) is 6.92 Å². The highest BCUT2D eigenvalue weighted by molar-refractivity contribution is 6.31. The number of rotatable bonds is 3. The predicted octanol–water partition coefficient (Wildman–Crippen LogP) is 2.82. The Balaban J connectivity index is 2.18. The molecule has 1 aromatic carbocycles. The first-order valence-corrected chi connectivity index (χ1v) is 5.92. The summed E-state index contributed by atoms with van der Waals surface area (Å²) in [5.74, 6) is 0.201. The SMILES string of the molecule is Cc1cnc(C(N)Cc2cc(F)ccc2Cl)nc1. The summed E-state index contributed by atoms with van der Waals surface area (Å²) in [7, 11) is 0. The average Bonchev–Trinajstić information content (AvgIpc) is 2.34. The van der Waals surface area contributed by atoms with Crippen LogP contribution < -0.4 is 5.73 Å². The van der Waals surface area contributed by atoms with Crippen LogP contribution in [0.25, 0.3) is 0 Å². The van der Waals surface area contributed by atoms with E-state index in [9.17, 15) is 4.39 Å². The van der Waals surface area contributed by atoms with Gasteiger partial charge < -0.3 is 5.73 Å². The molecule has 1 atom stereocenters. The minimum atomic E-state index is -0.398. The van der Waals surface area contributed by atoms with Crippen LogP contribution in [-0.2, 0) is 6.42 Å². The third-order valence-electron chi connectivity index (χ3n) is 2.58. The van der Waals surface area contributed by atoms with Crippen molar-refractivity contribution in [1.82, 2.24) is 9.97 Å². The van der Waals surface area contributed by atoms with Crippen LogP contribution in [0.3, 0.4) is 0 Å². The molecule has 0 radical (unpaired) electrons. The van der Waals surface area contributed by atoms with Crippen molar-refractivity contribution in [2.24, 2.45) is 5.73 Å². The van der Waals surface area contributed by atoms with E-state index in [0.29, 0.717) is 22.8 Å². The van der Waals surface area contributed by atoms with E-state index in [0.717, 1.165) is 5.56 Å². The van der Waals surface area contributed by atoms with Gasteiger partial charge in [-0.05, 0) is 42.7 Å². The first-order chi connectivity index (χ1) is 8.56. The molecular formula is C13H13ClFN3. The third kappa shape index (κ3) is 3.03. The van der Waals surface area contributed by atoms with Crippen LogP contribution in [0.1, 0.15) is 23.0 Å². The van der Waals surface area contributed by atoms with Gasteiger partial charge in [-0.1, -0.05) is 11.6 Å². The number of benzene rings is 1. The Morgan fingerprint density at radius 3 is 2.67 bits per heavy atom. The van der Waals surface area contributed by atoms with Gasteiger partial charge >= 0.3 is 0 Å². The molecule has 2 N–H and O–H groups in total. The second-order valence-electron chi connectivity index (χ2n) is 4.16. The molecule has 1 heterocycles. The Bertz CT molecular complexity index is 542. The van der Waals surface area contributed by atoms with E-state index in [2.05, 4.69) is 9.97 Å². The molecule has 3 nitrogen and oxygen atoms in total. The lowest BCUT2D eigenvalue weighted by molar-refractivity contribution is 0.618. The summed E-state index contributed by atoms with van der Waals surface area (Å²) >= 11 is 5.99. The normalized spacial score (nSPS) is 12.4. The monoisotopic (exact) mass is 265 g/mol. The van der Waals surface area contributed by atoms with Gasteiger partial charge in [-0.2, -0.15) is 0 Å². The van der Waals surface area contributed by atoms with Crippen LogP contribution in [0.2, 0.25) is 5.02 Å². The predicted molar refractivity (Wildman–Crippen MR) is 68.8 cm³/mol. The third-order valence-corrected chi connectivity index (χ3v) is 2.95. The molecule has 0 aliphatic carbocycles. The van der Waals surface area contributed by atoms with Crippen molar-refractivity contribution in [2.45, 2.75) is 19.4 Å². The first-order valence-electron chi connectivity index (χ1n) is 5.54. The largest absolute Gasteiger partial charge is 0.321 e. The van der Waals surface area contributed by atoms with Crippen LogP contribution in [0.4, 0.5) is 4.39 Å². The molecule has 18 heavy (non-hydrogen) atoms. The summed E-state index contributed by atoms with van der Waals surface area (Å²) in [5, 5.41) is 0.499. The molecule has 5 heteroatoms. The van der Waals surface area contributed by atoms with Gasteiger partial charge in [0.05, 0.1) is 6.04 Å². The van der Waals surface area contributed by atoms with E-state index < -0.39 is 6.04 Å². The molecule has 0 spiro atoms. The second-order valence-corrected chi connectivity index (χ2v) is 4.57. The molecule has 1 aromatic heterocycles. The minimum Gasteiger partial charge on any atom is -0.321 e. The van der Waals surface area contributed by atoms with Gasteiger partial charge in [-0.25, -0.2) is 14.4 Å². The molecule has 0 fully saturated rings. The number of halogens is 2. The van der Waals surface area contributed by atoms with E-state index >= 15 is 0 Å². The van der Waals surface area contributed by atoms with Crippen molar-refractivity contribution in [3.8, 4) is 0 Å². The molecule has 1 unspecified atom stereocenters. The van der Waals surface area contributed by atoms with Gasteiger partial charge in [0.25, 0.3) is 0 Å². The van der Waals surface area contributed by atoms with Crippen LogP contribution in [0.15, 0.2) is 30.6 Å². The number of hydrogen-bond donors (Lipinski definition) is 1. The number of aryl methyl sites for hydroxylation is 1. The Hall–Kier alpha value is -1.52. The van der Waals surface area contributed by atoms with Crippen molar-refractivity contribution >= 4 is 11.6 Å². The van der Waals surface area contributed by atoms with Gasteiger partial charge in [-0.15, -0.1) is 0 Å². The molecule has 0 saturated carbocycles. The molecule has 2 rings (SSSR count). The summed E-state index contributed by atoms with van der Waals surface area (Å²) in [6, 6.07) is 3.83. The maximum atomic E-state index is 13.1. The van der Waals surface area contributed by atoms with Gasteiger partial charge in [0.2, 0.25) is 0 Å². The summed E-state index contributed by atoms with van der Waals surface area (Å²) < 4.78 is 13.1. The zero-order chi connectivity index (χ0) is 13.1. The summed E-state index contributed by atoms with van der Waals surface area (Å²) in [6.07, 6.45) is 3.81. The van der Waals surface area contributed by atoms with Crippen molar-refractivity contribution in [2.75, 3.05) is 0 Å². The molecule has 0 saturated heterocycles. The Morgan fingerprint density at radius 2 is 2.00 bits per heavy atom. The fraction of sp³-hybridized carbons (Fsp3) is 0.231. The van der Waals surface area contributed by atoms with Crippen LogP contribution in [-0.4, -0.2) is 9.97 Å². The second kappa shape index (κ2) is 5.42. The lowest BCUT2D eigenvalue weighted by Gasteiger charge is -2.11. The standard InChI is InChI=1S/C13H13ClFN3/c1-8-6-17-13(18-7-8)12(16)5-9-4-10(15)2-3-11(9)14/h2-4,6-7,12H,5,16H2,1H3. The number of aromatic nitrogens is 2. The first kappa shape index (κ1) is 12.9. The van der Waals surface area contributed by atoms with Crippen molar-refractivity contribution in [3.63, 3.8) is 0 Å². The number of nitrogens with zero attached hydrogens (tertiary/aromatic N) is 2. The minimum absolute atomic E-state index is 0.327. The Morgan fingerprint density at radius 1 is 1.33 bits per heavy atom. The summed E-state index contributed by atoms with van der Waals surface area (Å²) in [6.45, 7) is 1.90. The van der Waals surface area contributed by atoms with E-state index in [1.165, 1.54) is 18.2 Å². The Labute approximate surface area is 110 Å². The summed E-state index contributed by atoms with van der Waals surface area (Å²) in [5.41, 5.74) is 7.62. The van der Waals surface area contributed by atoms with E-state index in [4.69, 9.17) is 17.3 Å². The highest BCUT2D eigenvalue weighted by Gasteiger charge is 2.12. The van der Waals surface area contributed by atoms with Gasteiger partial charge in [0, 0.05) is 17.4 Å². The molecule has 0 aliphatic heterocycles. The molecule has 94 valence electrons. The molecule has 2 aromatic rings. The van der Waals surface area contributed by atoms with E-state index in [1.54, 1.807) is 12.4 Å². The topological polar surface area (TPSA) is 51.8 Å². The maximum absolute atomic E-state index is 13.1. The van der Waals surface area contributed by atoms with Crippen molar-refractivity contribution in [1.29, 1.82) is 0 Å². The zero-order valence-corrected chi connectivity index (χ0v) is 10.7. The molecule has 0 aliphatic rings. The number of nitrogens with two attached hydrogens (primary N) is 1. The van der Waals surface area contributed by atoms with E-state index in [-0.39, 0.29) is 5.82 Å². The highest BCUT2D eigenvalue weighted by Crippen LogP contribution is 2.21. The van der Waals surface area contributed by atoms with Gasteiger partial charge in [0.15, 0.2) is 0 Å². The molecular weight excluding hydrogens is 253 g/mol. The van der Waals surface area contributed by atoms with Crippen molar-refractivity contribution in [3.05, 3.63) is 58.4 Å². The fourth-order valence-corrected chi connectivity index (χ4v) is 1.82. The number of hydrogen-bond acceptors (Lipinski definition) is 3. The molecule has 0 bridgehead atoms. The van der Waals surface area contributed by atoms with Crippen molar-refractivity contribution < 1.29 is 4.39 Å². The van der Waals surface area contributed by atoms with Crippen LogP contribution >= 0.6 is 11.6 Å². The van der Waals surface area contributed by atoms with Gasteiger partial charge in [-0.3, -0.25) is 0 Å². The lowest BCUT2D eigenvalue weighted by Crippen LogP contribution is -2.17. The van der Waals surface area contributed by atoms with Crippen LogP contribution in [0, 0.1) is 12.7 Å². The fourth-order valence-electron chi connectivity index (χ4n) is 1.62. The summed E-state index contributed by atoms with van der Waals surface area (Å²) in [4.78, 5) is 8.31. The quantitative estimate of drug-likeness (QED) is 0.928. The van der Waals surface area contributed by atoms with Crippen LogP contribution in [0.5, 0.6) is 0 Å². The maximum Gasteiger partial charge on any atom is 0.145 e. The highest BCUT2D eigenvalue weighted by atomic mass is 35.5.